The zero-order valence-electron chi connectivity index (χ0n) is 14.6. The first-order valence-corrected chi connectivity index (χ1v) is 9.56. The van der Waals surface area contributed by atoms with Gasteiger partial charge in [0, 0.05) is 18.7 Å². The van der Waals surface area contributed by atoms with Gasteiger partial charge in [-0.25, -0.2) is 13.1 Å². The van der Waals surface area contributed by atoms with Crippen molar-refractivity contribution < 1.29 is 17.9 Å². The second-order valence-electron chi connectivity index (χ2n) is 5.53. The predicted molar refractivity (Wildman–Crippen MR) is 101 cm³/mol. The summed E-state index contributed by atoms with van der Waals surface area (Å²) >= 11 is 0. The van der Waals surface area contributed by atoms with Crippen LogP contribution in [-0.4, -0.2) is 34.5 Å². The lowest BCUT2D eigenvalue weighted by Crippen LogP contribution is -2.27. The largest absolute Gasteiger partial charge is 0.497 e. The molecule has 0 heterocycles. The fourth-order valence-electron chi connectivity index (χ4n) is 2.31. The fraction of sp³-hybridized carbons (Fsp3) is 0.211. The van der Waals surface area contributed by atoms with Crippen molar-refractivity contribution in [2.75, 3.05) is 20.2 Å². The minimum absolute atomic E-state index is 0.0504. The summed E-state index contributed by atoms with van der Waals surface area (Å²) in [5.41, 5.74) is 1.24. The minimum atomic E-state index is -3.70. The monoisotopic (exact) mass is 374 g/mol. The lowest BCUT2D eigenvalue weighted by atomic mass is 10.1. The summed E-state index contributed by atoms with van der Waals surface area (Å²) in [7, 11) is -2.12. The van der Waals surface area contributed by atoms with E-state index in [9.17, 15) is 13.2 Å². The molecule has 0 fully saturated rings. The van der Waals surface area contributed by atoms with E-state index in [-0.39, 0.29) is 22.9 Å². The number of nitrogens with one attached hydrogen (secondary N) is 2. The third kappa shape index (κ3) is 5.44. The number of carbonyl (C=O) groups is 1. The molecule has 2 N–H and O–H groups in total. The maximum absolute atomic E-state index is 12.5. The highest BCUT2D eigenvalue weighted by Crippen LogP contribution is 2.14. The summed E-state index contributed by atoms with van der Waals surface area (Å²) < 4.78 is 32.6. The van der Waals surface area contributed by atoms with Crippen molar-refractivity contribution >= 4 is 15.9 Å². The quantitative estimate of drug-likeness (QED) is 0.659. The Labute approximate surface area is 153 Å². The molecule has 0 saturated carbocycles. The van der Waals surface area contributed by atoms with Crippen LogP contribution in [0.4, 0.5) is 0 Å². The number of rotatable bonds is 9. The molecule has 0 spiro atoms. The Morgan fingerprint density at radius 3 is 2.69 bits per heavy atom. The molecule has 0 aliphatic rings. The zero-order chi connectivity index (χ0) is 19.0. The number of hydrogen-bond acceptors (Lipinski definition) is 4. The van der Waals surface area contributed by atoms with E-state index in [1.165, 1.54) is 12.1 Å². The topological polar surface area (TPSA) is 84.5 Å². The molecule has 26 heavy (non-hydrogen) atoms. The van der Waals surface area contributed by atoms with E-state index in [0.717, 1.165) is 11.3 Å². The Bertz CT molecular complexity index is 879. The van der Waals surface area contributed by atoms with Crippen molar-refractivity contribution in [1.29, 1.82) is 0 Å². The number of ether oxygens (including phenoxy) is 1. The van der Waals surface area contributed by atoms with E-state index in [4.69, 9.17) is 4.74 Å². The van der Waals surface area contributed by atoms with E-state index >= 15 is 0 Å². The second kappa shape index (κ2) is 9.17. The molecular formula is C19H22N2O4S. The van der Waals surface area contributed by atoms with E-state index in [2.05, 4.69) is 16.6 Å². The van der Waals surface area contributed by atoms with Gasteiger partial charge >= 0.3 is 0 Å². The highest BCUT2D eigenvalue weighted by atomic mass is 32.2. The van der Waals surface area contributed by atoms with Gasteiger partial charge < -0.3 is 10.1 Å². The van der Waals surface area contributed by atoms with Crippen LogP contribution >= 0.6 is 0 Å². The van der Waals surface area contributed by atoms with Gasteiger partial charge in [-0.15, -0.1) is 6.58 Å². The summed E-state index contributed by atoms with van der Waals surface area (Å²) in [6.07, 6.45) is 2.08. The zero-order valence-corrected chi connectivity index (χ0v) is 15.4. The maximum Gasteiger partial charge on any atom is 0.251 e. The van der Waals surface area contributed by atoms with Gasteiger partial charge in [0.1, 0.15) is 5.75 Å². The van der Waals surface area contributed by atoms with Crippen molar-refractivity contribution in [1.82, 2.24) is 10.0 Å². The lowest BCUT2D eigenvalue weighted by molar-refractivity contribution is 0.0958. The van der Waals surface area contributed by atoms with E-state index in [1.807, 2.05) is 24.3 Å². The Balaban J connectivity index is 2.02. The van der Waals surface area contributed by atoms with Gasteiger partial charge in [0.15, 0.2) is 0 Å². The van der Waals surface area contributed by atoms with Crippen molar-refractivity contribution in [3.8, 4) is 5.75 Å². The number of amides is 1. The highest BCUT2D eigenvalue weighted by molar-refractivity contribution is 7.89. The first-order chi connectivity index (χ1) is 12.5. The van der Waals surface area contributed by atoms with Gasteiger partial charge in [-0.3, -0.25) is 4.79 Å². The summed E-state index contributed by atoms with van der Waals surface area (Å²) in [5.74, 6) is 0.377. The molecule has 0 unspecified atom stereocenters. The van der Waals surface area contributed by atoms with Crippen LogP contribution in [0.3, 0.4) is 0 Å². The molecular weight excluding hydrogens is 352 g/mol. The lowest BCUT2D eigenvalue weighted by Gasteiger charge is -2.09. The predicted octanol–water partition coefficient (Wildman–Crippen LogP) is 2.13. The molecule has 0 atom stereocenters. The second-order valence-corrected chi connectivity index (χ2v) is 7.29. The van der Waals surface area contributed by atoms with Crippen LogP contribution in [0, 0.1) is 0 Å². The third-order valence-corrected chi connectivity index (χ3v) is 5.11. The fourth-order valence-corrected chi connectivity index (χ4v) is 3.39. The molecule has 138 valence electrons. The van der Waals surface area contributed by atoms with Crippen molar-refractivity contribution in [2.45, 2.75) is 11.3 Å². The number of benzene rings is 2. The van der Waals surface area contributed by atoms with Gasteiger partial charge in [0.2, 0.25) is 10.0 Å². The van der Waals surface area contributed by atoms with Crippen LogP contribution in [0.25, 0.3) is 0 Å². The van der Waals surface area contributed by atoms with Crippen LogP contribution in [0.2, 0.25) is 0 Å². The highest BCUT2D eigenvalue weighted by Gasteiger charge is 2.15. The Morgan fingerprint density at radius 2 is 1.96 bits per heavy atom. The Hall–Kier alpha value is -2.64. The number of sulfonamides is 1. The normalized spacial score (nSPS) is 11.0. The van der Waals surface area contributed by atoms with Crippen molar-refractivity contribution in [3.05, 3.63) is 72.3 Å². The molecule has 1 amide bonds. The van der Waals surface area contributed by atoms with Crippen molar-refractivity contribution in [2.24, 2.45) is 0 Å². The van der Waals surface area contributed by atoms with Gasteiger partial charge in [-0.2, -0.15) is 0 Å². The summed E-state index contributed by atoms with van der Waals surface area (Å²) in [6, 6.07) is 13.4. The number of methoxy groups -OCH3 is 1. The summed E-state index contributed by atoms with van der Waals surface area (Å²) in [5, 5.41) is 2.62. The van der Waals surface area contributed by atoms with Crippen LogP contribution in [0.15, 0.2) is 66.1 Å². The molecule has 2 aromatic rings. The van der Waals surface area contributed by atoms with E-state index < -0.39 is 10.0 Å². The third-order valence-electron chi connectivity index (χ3n) is 3.65. The average molecular weight is 374 g/mol. The molecule has 0 aliphatic carbocycles. The molecule has 2 rings (SSSR count). The molecule has 7 heteroatoms. The van der Waals surface area contributed by atoms with Gasteiger partial charge in [0.05, 0.1) is 12.0 Å². The van der Waals surface area contributed by atoms with Gasteiger partial charge in [-0.05, 0) is 42.3 Å². The van der Waals surface area contributed by atoms with Crippen LogP contribution in [0.1, 0.15) is 15.9 Å². The summed E-state index contributed by atoms with van der Waals surface area (Å²) in [6.45, 7) is 4.08. The van der Waals surface area contributed by atoms with Crippen LogP contribution in [0.5, 0.6) is 5.75 Å². The number of hydrogen-bond donors (Lipinski definition) is 2. The summed E-state index contributed by atoms with van der Waals surface area (Å²) in [4.78, 5) is 12.0. The minimum Gasteiger partial charge on any atom is -0.497 e. The number of carbonyl (C=O) groups excluding carboxylic acids is 1. The molecule has 6 nitrogen and oxygen atoms in total. The van der Waals surface area contributed by atoms with E-state index in [0.29, 0.717) is 13.0 Å². The standard InChI is InChI=1S/C19H22N2O4S/c1-3-11-20-19(22)16-7-5-9-18(14-16)26(23,24)21-12-10-15-6-4-8-17(13-15)25-2/h3-9,13-14,21H,1,10-12H2,2H3,(H,20,22). The van der Waals surface area contributed by atoms with Crippen LogP contribution < -0.4 is 14.8 Å². The van der Waals surface area contributed by atoms with Gasteiger partial charge in [0.25, 0.3) is 5.91 Å². The molecule has 0 bridgehead atoms. The maximum atomic E-state index is 12.5. The molecule has 0 aromatic heterocycles. The molecule has 0 saturated heterocycles. The van der Waals surface area contributed by atoms with E-state index in [1.54, 1.807) is 25.3 Å². The smallest absolute Gasteiger partial charge is 0.251 e. The Morgan fingerprint density at radius 1 is 1.19 bits per heavy atom. The first-order valence-electron chi connectivity index (χ1n) is 8.08. The SMILES string of the molecule is C=CCNC(=O)c1cccc(S(=O)(=O)NCCc2cccc(OC)c2)c1. The first kappa shape index (κ1) is 19.7. The molecule has 0 radical (unpaired) electrons. The molecule has 0 aliphatic heterocycles. The van der Waals surface area contributed by atoms with Crippen molar-refractivity contribution in [3.63, 3.8) is 0 Å². The molecule has 2 aromatic carbocycles. The Kier molecular flexibility index (Phi) is 6.94. The van der Waals surface area contributed by atoms with Gasteiger partial charge in [-0.1, -0.05) is 24.3 Å². The average Bonchev–Trinajstić information content (AvgIpc) is 2.66. The van der Waals surface area contributed by atoms with Crippen LogP contribution in [-0.2, 0) is 16.4 Å².